The quantitative estimate of drug-likeness (QED) is 0.689. The Morgan fingerprint density at radius 2 is 2.12 bits per heavy atom. The summed E-state index contributed by atoms with van der Waals surface area (Å²) in [5, 5.41) is 5.90. The van der Waals surface area contributed by atoms with Crippen LogP contribution in [0.25, 0.3) is 16.6 Å². The van der Waals surface area contributed by atoms with Crippen molar-refractivity contribution in [1.82, 2.24) is 10.3 Å². The first-order chi connectivity index (χ1) is 11.7. The molecular formula is C19H18N2O2S. The van der Waals surface area contributed by atoms with Crippen LogP contribution in [-0.4, -0.2) is 17.4 Å². The highest BCUT2D eigenvalue weighted by Crippen LogP contribution is 2.24. The Morgan fingerprint density at radius 1 is 1.29 bits per heavy atom. The van der Waals surface area contributed by atoms with E-state index in [1.165, 1.54) is 11.6 Å². The summed E-state index contributed by atoms with van der Waals surface area (Å²) in [6, 6.07) is 11.9. The Bertz CT molecular complexity index is 817. The van der Waals surface area contributed by atoms with Gasteiger partial charge in [-0.2, -0.15) is 0 Å². The van der Waals surface area contributed by atoms with E-state index in [4.69, 9.17) is 4.42 Å². The number of thiazole rings is 1. The van der Waals surface area contributed by atoms with Crippen LogP contribution in [0.3, 0.4) is 0 Å². The average molecular weight is 338 g/mol. The van der Waals surface area contributed by atoms with Crippen molar-refractivity contribution >= 4 is 23.3 Å². The number of nitrogens with zero attached hydrogens (tertiary/aromatic N) is 1. The van der Waals surface area contributed by atoms with E-state index in [2.05, 4.69) is 41.5 Å². The molecule has 0 fully saturated rings. The summed E-state index contributed by atoms with van der Waals surface area (Å²) < 4.78 is 5.13. The maximum Gasteiger partial charge on any atom is 0.244 e. The second kappa shape index (κ2) is 7.75. The fraction of sp³-hybridized carbons (Fsp3) is 0.158. The van der Waals surface area contributed by atoms with Crippen molar-refractivity contribution in [3.8, 4) is 10.6 Å². The van der Waals surface area contributed by atoms with Crippen LogP contribution in [0, 0.1) is 6.92 Å². The second-order valence-electron chi connectivity index (χ2n) is 5.40. The first-order valence-corrected chi connectivity index (χ1v) is 8.59. The zero-order chi connectivity index (χ0) is 16.8. The van der Waals surface area contributed by atoms with E-state index >= 15 is 0 Å². The summed E-state index contributed by atoms with van der Waals surface area (Å²) in [6.07, 6.45) is 5.40. The molecule has 0 spiro atoms. The van der Waals surface area contributed by atoms with Crippen LogP contribution < -0.4 is 5.32 Å². The van der Waals surface area contributed by atoms with Gasteiger partial charge in [0.1, 0.15) is 10.8 Å². The summed E-state index contributed by atoms with van der Waals surface area (Å²) in [5.41, 5.74) is 3.36. The molecule has 24 heavy (non-hydrogen) atoms. The van der Waals surface area contributed by atoms with Gasteiger partial charge in [-0.1, -0.05) is 29.8 Å². The Morgan fingerprint density at radius 3 is 2.88 bits per heavy atom. The zero-order valence-corrected chi connectivity index (χ0v) is 14.2. The second-order valence-corrected chi connectivity index (χ2v) is 6.26. The monoisotopic (exact) mass is 338 g/mol. The lowest BCUT2D eigenvalue weighted by atomic mass is 10.2. The minimum absolute atomic E-state index is 0.139. The van der Waals surface area contributed by atoms with Crippen molar-refractivity contribution in [2.24, 2.45) is 0 Å². The SMILES string of the molecule is Cc1ccc(-c2nc(CCNC(=O)C=Cc3ccco3)cs2)cc1. The maximum absolute atomic E-state index is 11.7. The molecule has 5 heteroatoms. The van der Waals surface area contributed by atoms with Gasteiger partial charge in [-0.05, 0) is 25.1 Å². The van der Waals surface area contributed by atoms with E-state index in [1.807, 2.05) is 5.38 Å². The summed E-state index contributed by atoms with van der Waals surface area (Å²) in [4.78, 5) is 16.4. The lowest BCUT2D eigenvalue weighted by Gasteiger charge is -2.00. The number of hydrogen-bond donors (Lipinski definition) is 1. The predicted octanol–water partition coefficient (Wildman–Crippen LogP) is 4.08. The number of rotatable bonds is 6. The number of furan rings is 1. The minimum Gasteiger partial charge on any atom is -0.465 e. The number of carbonyl (C=O) groups is 1. The number of amides is 1. The highest BCUT2D eigenvalue weighted by Gasteiger charge is 2.05. The lowest BCUT2D eigenvalue weighted by Crippen LogP contribution is -2.23. The fourth-order valence-electron chi connectivity index (χ4n) is 2.17. The third kappa shape index (κ3) is 4.43. The van der Waals surface area contributed by atoms with Crippen LogP contribution in [0.2, 0.25) is 0 Å². The molecule has 1 N–H and O–H groups in total. The van der Waals surface area contributed by atoms with Gasteiger partial charge < -0.3 is 9.73 Å². The van der Waals surface area contributed by atoms with Crippen LogP contribution in [0.5, 0.6) is 0 Å². The molecule has 3 aromatic rings. The number of aryl methyl sites for hydroxylation is 1. The molecular weight excluding hydrogens is 320 g/mol. The topological polar surface area (TPSA) is 55.1 Å². The minimum atomic E-state index is -0.139. The Hall–Kier alpha value is -2.66. The lowest BCUT2D eigenvalue weighted by molar-refractivity contribution is -0.116. The molecule has 0 aliphatic rings. The molecule has 2 heterocycles. The molecule has 2 aromatic heterocycles. The predicted molar refractivity (Wildman–Crippen MR) is 96.7 cm³/mol. The standard InChI is InChI=1S/C19H18N2O2S/c1-14-4-6-15(7-5-14)19-21-16(13-24-19)10-11-20-18(22)9-8-17-3-2-12-23-17/h2-9,12-13H,10-11H2,1H3,(H,20,22). The average Bonchev–Trinajstić information content (AvgIpc) is 3.25. The number of carbonyl (C=O) groups excluding carboxylic acids is 1. The van der Waals surface area contributed by atoms with Crippen LogP contribution in [0.15, 0.2) is 58.5 Å². The Balaban J connectivity index is 1.49. The van der Waals surface area contributed by atoms with Crippen molar-refractivity contribution in [3.63, 3.8) is 0 Å². The third-order valence-electron chi connectivity index (χ3n) is 3.47. The molecule has 0 unspecified atom stereocenters. The molecule has 1 amide bonds. The van der Waals surface area contributed by atoms with Gasteiger partial charge in [0.05, 0.1) is 12.0 Å². The van der Waals surface area contributed by atoms with Gasteiger partial charge in [-0.3, -0.25) is 4.79 Å². The van der Waals surface area contributed by atoms with E-state index in [-0.39, 0.29) is 5.91 Å². The molecule has 0 saturated heterocycles. The molecule has 4 nitrogen and oxygen atoms in total. The van der Waals surface area contributed by atoms with Gasteiger partial charge in [-0.15, -0.1) is 11.3 Å². The van der Waals surface area contributed by atoms with Crippen LogP contribution in [0.4, 0.5) is 0 Å². The van der Waals surface area contributed by atoms with Gasteiger partial charge >= 0.3 is 0 Å². The molecule has 3 rings (SSSR count). The van der Waals surface area contributed by atoms with Crippen molar-refractivity contribution in [3.05, 3.63) is 71.1 Å². The van der Waals surface area contributed by atoms with Gasteiger partial charge in [-0.25, -0.2) is 4.98 Å². The summed E-state index contributed by atoms with van der Waals surface area (Å²) in [6.45, 7) is 2.62. The number of aromatic nitrogens is 1. The van der Waals surface area contributed by atoms with Gasteiger partial charge in [0.2, 0.25) is 5.91 Å². The highest BCUT2D eigenvalue weighted by atomic mass is 32.1. The van der Waals surface area contributed by atoms with Crippen LogP contribution in [-0.2, 0) is 11.2 Å². The summed E-state index contributed by atoms with van der Waals surface area (Å²) >= 11 is 1.63. The van der Waals surface area contributed by atoms with Crippen LogP contribution in [0.1, 0.15) is 17.0 Å². The van der Waals surface area contributed by atoms with Crippen molar-refractivity contribution in [2.45, 2.75) is 13.3 Å². The molecule has 0 saturated carbocycles. The smallest absolute Gasteiger partial charge is 0.244 e. The molecule has 122 valence electrons. The highest BCUT2D eigenvalue weighted by molar-refractivity contribution is 7.13. The van der Waals surface area contributed by atoms with Crippen molar-refractivity contribution < 1.29 is 9.21 Å². The van der Waals surface area contributed by atoms with E-state index in [9.17, 15) is 4.79 Å². The van der Waals surface area contributed by atoms with Gasteiger partial charge in [0, 0.05) is 30.0 Å². The first kappa shape index (κ1) is 16.2. The normalized spacial score (nSPS) is 11.0. The van der Waals surface area contributed by atoms with Gasteiger partial charge in [0.25, 0.3) is 0 Å². The maximum atomic E-state index is 11.7. The Labute approximate surface area is 144 Å². The van der Waals surface area contributed by atoms with E-state index < -0.39 is 0 Å². The number of nitrogens with one attached hydrogen (secondary N) is 1. The largest absolute Gasteiger partial charge is 0.465 e. The number of hydrogen-bond acceptors (Lipinski definition) is 4. The molecule has 0 radical (unpaired) electrons. The Kier molecular flexibility index (Phi) is 5.23. The van der Waals surface area contributed by atoms with Crippen molar-refractivity contribution in [1.29, 1.82) is 0 Å². The first-order valence-electron chi connectivity index (χ1n) is 7.71. The van der Waals surface area contributed by atoms with Crippen molar-refractivity contribution in [2.75, 3.05) is 6.54 Å². The molecule has 0 atom stereocenters. The fourth-order valence-corrected chi connectivity index (χ4v) is 3.03. The molecule has 0 aliphatic carbocycles. The van der Waals surface area contributed by atoms with E-state index in [0.717, 1.165) is 16.3 Å². The summed E-state index contributed by atoms with van der Waals surface area (Å²) in [5.74, 6) is 0.521. The molecule has 0 aliphatic heterocycles. The van der Waals surface area contributed by atoms with E-state index in [0.29, 0.717) is 18.7 Å². The summed E-state index contributed by atoms with van der Waals surface area (Å²) in [7, 11) is 0. The van der Waals surface area contributed by atoms with Gasteiger partial charge in [0.15, 0.2) is 0 Å². The zero-order valence-electron chi connectivity index (χ0n) is 13.4. The number of benzene rings is 1. The third-order valence-corrected chi connectivity index (χ3v) is 4.41. The molecule has 1 aromatic carbocycles. The van der Waals surface area contributed by atoms with E-state index in [1.54, 1.807) is 35.8 Å². The molecule has 0 bridgehead atoms. The van der Waals surface area contributed by atoms with Crippen LogP contribution >= 0.6 is 11.3 Å².